The van der Waals surface area contributed by atoms with Crippen LogP contribution in [0.4, 0.5) is 28.9 Å². The summed E-state index contributed by atoms with van der Waals surface area (Å²) in [6.45, 7) is 5.84. The van der Waals surface area contributed by atoms with Crippen LogP contribution in [0.3, 0.4) is 0 Å². The lowest BCUT2D eigenvalue weighted by Gasteiger charge is -2.23. The van der Waals surface area contributed by atoms with Crippen LogP contribution in [0.5, 0.6) is 0 Å². The Morgan fingerprint density at radius 2 is 1.77 bits per heavy atom. The molecule has 10 nitrogen and oxygen atoms in total. The van der Waals surface area contributed by atoms with E-state index in [9.17, 15) is 32.9 Å². The summed E-state index contributed by atoms with van der Waals surface area (Å²) in [5.41, 5.74) is 0.299. The molecule has 1 aliphatic carbocycles. The highest BCUT2D eigenvalue weighted by Crippen LogP contribution is 2.48. The molecular weight excluding hydrogens is 626 g/mol. The van der Waals surface area contributed by atoms with Gasteiger partial charge in [0.2, 0.25) is 0 Å². The van der Waals surface area contributed by atoms with Crippen LogP contribution in [0.1, 0.15) is 62.0 Å². The summed E-state index contributed by atoms with van der Waals surface area (Å²) in [6.07, 6.45) is -0.795. The lowest BCUT2D eigenvalue weighted by atomic mass is 9.96. The second-order valence-electron chi connectivity index (χ2n) is 13.1. The van der Waals surface area contributed by atoms with Crippen molar-refractivity contribution in [3.63, 3.8) is 0 Å². The highest BCUT2D eigenvalue weighted by atomic mass is 19.3. The third-order valence-electron chi connectivity index (χ3n) is 8.45. The molecule has 2 aromatic carbocycles. The van der Waals surface area contributed by atoms with Gasteiger partial charge in [-0.3, -0.25) is 9.78 Å². The van der Waals surface area contributed by atoms with Gasteiger partial charge in [-0.25, -0.2) is 22.2 Å². The van der Waals surface area contributed by atoms with Crippen LogP contribution in [0, 0.1) is 28.1 Å². The monoisotopic (exact) mass is 657 g/mol. The molecule has 0 radical (unpaired) electrons. The normalized spacial score (nSPS) is 14.6. The molecule has 6 rings (SSSR count). The van der Waals surface area contributed by atoms with E-state index in [1.54, 1.807) is 30.3 Å². The van der Waals surface area contributed by atoms with Crippen molar-refractivity contribution in [3.8, 4) is 12.1 Å². The molecule has 0 spiro atoms. The van der Waals surface area contributed by atoms with E-state index in [0.29, 0.717) is 39.8 Å². The van der Waals surface area contributed by atoms with Gasteiger partial charge in [0.1, 0.15) is 23.4 Å². The highest BCUT2D eigenvalue weighted by molar-refractivity contribution is 5.99. The Labute approximate surface area is 272 Å². The average molecular weight is 658 g/mol. The number of nitriles is 2. The summed E-state index contributed by atoms with van der Waals surface area (Å²) < 4.78 is 56.6. The minimum absolute atomic E-state index is 0.146. The Hall–Kier alpha value is -5.50. The van der Waals surface area contributed by atoms with Crippen LogP contribution in [0.2, 0.25) is 0 Å². The van der Waals surface area contributed by atoms with Gasteiger partial charge in [0, 0.05) is 35.4 Å². The number of halogens is 4. The van der Waals surface area contributed by atoms with Crippen molar-refractivity contribution in [3.05, 3.63) is 87.7 Å². The molecule has 1 atom stereocenters. The molecule has 0 bridgehead atoms. The van der Waals surface area contributed by atoms with Crippen molar-refractivity contribution >= 4 is 33.1 Å². The predicted molar refractivity (Wildman–Crippen MR) is 172 cm³/mol. The number of fused-ring (bicyclic) bond motifs is 2. The maximum Gasteiger partial charge on any atom is 0.263 e. The first kappa shape index (κ1) is 32.4. The zero-order valence-corrected chi connectivity index (χ0v) is 26.3. The first-order valence-corrected chi connectivity index (χ1v) is 15.2. The summed E-state index contributed by atoms with van der Waals surface area (Å²) in [5, 5.41) is 36.2. The van der Waals surface area contributed by atoms with Gasteiger partial charge < -0.3 is 15.2 Å². The summed E-state index contributed by atoms with van der Waals surface area (Å²) in [5.74, 6) is 0. The van der Waals surface area contributed by atoms with Crippen LogP contribution < -0.4 is 16.2 Å². The minimum atomic E-state index is -2.74. The molecule has 3 aromatic heterocycles. The van der Waals surface area contributed by atoms with Gasteiger partial charge >= 0.3 is 0 Å². The van der Waals surface area contributed by atoms with Crippen LogP contribution in [-0.2, 0) is 12.1 Å². The average Bonchev–Trinajstić information content (AvgIpc) is 3.72. The number of alkyl halides is 4. The largest absolute Gasteiger partial charge is 0.383 e. The SMILES string of the molecule is CC(C)(C)CNc1c(C#N)cnc2c(C#N)cc(N[C@H](c3cn(C4(C(F)F)CC4)nn3)c3cccc4c(=O)n(CC(F)F)ccc34)cc12. The number of aromatic nitrogens is 5. The molecule has 2 N–H and O–H groups in total. The Morgan fingerprint density at radius 1 is 1.02 bits per heavy atom. The van der Waals surface area contributed by atoms with Crippen LogP contribution in [0.25, 0.3) is 21.7 Å². The van der Waals surface area contributed by atoms with E-state index in [4.69, 9.17) is 0 Å². The van der Waals surface area contributed by atoms with Gasteiger partial charge in [-0.1, -0.05) is 38.1 Å². The third-order valence-corrected chi connectivity index (χ3v) is 8.45. The topological polar surface area (TPSA) is 137 Å². The second-order valence-corrected chi connectivity index (χ2v) is 13.1. The van der Waals surface area contributed by atoms with Gasteiger partial charge in [0.05, 0.1) is 41.1 Å². The van der Waals surface area contributed by atoms with E-state index in [2.05, 4.69) is 38.1 Å². The van der Waals surface area contributed by atoms with Gasteiger partial charge in [-0.05, 0) is 53.5 Å². The number of rotatable bonds is 10. The predicted octanol–water partition coefficient (Wildman–Crippen LogP) is 6.56. The van der Waals surface area contributed by atoms with Gasteiger partial charge in [0.15, 0.2) is 0 Å². The van der Waals surface area contributed by atoms with Gasteiger partial charge in [-0.2, -0.15) is 10.5 Å². The summed E-state index contributed by atoms with van der Waals surface area (Å²) in [6, 6.07) is 13.1. The zero-order chi connectivity index (χ0) is 34.4. The van der Waals surface area contributed by atoms with E-state index >= 15 is 0 Å². The summed E-state index contributed by atoms with van der Waals surface area (Å²) in [4.78, 5) is 17.6. The molecular formula is C34H31F4N9O. The fraction of sp³-hybridized carbons (Fsp3) is 0.353. The number of hydrogen-bond acceptors (Lipinski definition) is 8. The Kier molecular flexibility index (Phi) is 8.29. The van der Waals surface area contributed by atoms with E-state index in [1.165, 1.54) is 29.3 Å². The first-order valence-electron chi connectivity index (χ1n) is 15.2. The molecule has 1 saturated carbocycles. The van der Waals surface area contributed by atoms with Gasteiger partial charge in [0.25, 0.3) is 18.4 Å². The Bertz CT molecular complexity index is 2170. The molecule has 48 heavy (non-hydrogen) atoms. The quantitative estimate of drug-likeness (QED) is 0.161. The molecule has 1 fully saturated rings. The molecule has 0 unspecified atom stereocenters. The fourth-order valence-corrected chi connectivity index (χ4v) is 5.77. The maximum absolute atomic E-state index is 14.0. The van der Waals surface area contributed by atoms with Crippen molar-refractivity contribution < 1.29 is 17.6 Å². The summed E-state index contributed by atoms with van der Waals surface area (Å²) >= 11 is 0. The molecule has 3 heterocycles. The van der Waals surface area contributed by atoms with Crippen molar-refractivity contribution in [2.45, 2.75) is 64.6 Å². The van der Waals surface area contributed by atoms with E-state index in [1.807, 2.05) is 20.8 Å². The number of pyridine rings is 2. The summed E-state index contributed by atoms with van der Waals surface area (Å²) in [7, 11) is 0. The molecule has 14 heteroatoms. The minimum Gasteiger partial charge on any atom is -0.383 e. The Balaban J connectivity index is 1.53. The zero-order valence-electron chi connectivity index (χ0n) is 26.3. The molecule has 1 aliphatic rings. The van der Waals surface area contributed by atoms with E-state index in [-0.39, 0.29) is 40.5 Å². The first-order chi connectivity index (χ1) is 22.8. The molecule has 246 valence electrons. The molecule has 0 amide bonds. The lowest BCUT2D eigenvalue weighted by molar-refractivity contribution is 0.0593. The van der Waals surface area contributed by atoms with Crippen LogP contribution >= 0.6 is 0 Å². The van der Waals surface area contributed by atoms with Crippen LogP contribution in [0.15, 0.2) is 59.8 Å². The standard InChI is InChI=1S/C34H31F4N9O/c1-33(2,3)18-42-29-20(14-40)15-41-28-19(13-39)11-21(12-25(28)29)43-30(26-16-47(45-44-26)34(8-9-34)32(37)38)23-5-4-6-24-22(23)7-10-46(31(24)48)17-27(35)36/h4-7,10-12,15-16,27,30,32,43H,8-9,17-18H2,1-3H3,(H,41,42)/t30-/m0/s1. The third kappa shape index (κ3) is 6.01. The smallest absolute Gasteiger partial charge is 0.263 e. The van der Waals surface area contributed by atoms with Crippen LogP contribution in [-0.4, -0.2) is 43.9 Å². The van der Waals surface area contributed by atoms with Crippen molar-refractivity contribution in [1.82, 2.24) is 24.5 Å². The molecule has 5 aromatic rings. The van der Waals surface area contributed by atoms with E-state index < -0.39 is 36.5 Å². The van der Waals surface area contributed by atoms with Gasteiger partial charge in [-0.15, -0.1) is 5.10 Å². The lowest BCUT2D eigenvalue weighted by Crippen LogP contribution is -2.26. The number of benzene rings is 2. The number of nitrogens with one attached hydrogen (secondary N) is 2. The van der Waals surface area contributed by atoms with E-state index in [0.717, 1.165) is 4.57 Å². The van der Waals surface area contributed by atoms with Crippen molar-refractivity contribution in [2.75, 3.05) is 17.2 Å². The van der Waals surface area contributed by atoms with Crippen molar-refractivity contribution in [2.24, 2.45) is 5.41 Å². The molecule has 0 saturated heterocycles. The van der Waals surface area contributed by atoms with Crippen molar-refractivity contribution in [1.29, 1.82) is 10.5 Å². The second kappa shape index (κ2) is 12.3. The molecule has 0 aliphatic heterocycles. The Morgan fingerprint density at radius 3 is 2.42 bits per heavy atom. The number of nitrogens with zero attached hydrogens (tertiary/aromatic N) is 7. The highest BCUT2D eigenvalue weighted by Gasteiger charge is 2.54. The fourth-order valence-electron chi connectivity index (χ4n) is 5.77. The number of anilines is 2. The number of hydrogen-bond donors (Lipinski definition) is 2. The maximum atomic E-state index is 14.0.